The Morgan fingerprint density at radius 2 is 1.56 bits per heavy atom. The van der Waals surface area contributed by atoms with Crippen molar-refractivity contribution in [1.29, 1.82) is 0 Å². The Bertz CT molecular complexity index is 578. The summed E-state index contributed by atoms with van der Waals surface area (Å²) in [6.45, 7) is 0. The van der Waals surface area contributed by atoms with E-state index in [2.05, 4.69) is 26.2 Å². The minimum atomic E-state index is -1.49. The van der Waals surface area contributed by atoms with Crippen molar-refractivity contribution in [1.82, 2.24) is 4.98 Å². The van der Waals surface area contributed by atoms with Gasteiger partial charge in [0.25, 0.3) is 0 Å². The van der Waals surface area contributed by atoms with Gasteiger partial charge in [-0.1, -0.05) is 0 Å². The molecule has 0 radical (unpaired) electrons. The van der Waals surface area contributed by atoms with E-state index >= 15 is 0 Å². The molecule has 1 N–H and O–H groups in total. The third-order valence-electron chi connectivity index (χ3n) is 2.09. The third-order valence-corrected chi connectivity index (χ3v) is 2.52. The number of benzene rings is 1. The van der Waals surface area contributed by atoms with Crippen LogP contribution in [0.25, 0.3) is 0 Å². The molecule has 0 aliphatic rings. The van der Waals surface area contributed by atoms with Crippen molar-refractivity contribution in [2.45, 2.75) is 0 Å². The molecule has 0 amide bonds. The number of nitrogens with zero attached hydrogens (tertiary/aromatic N) is 1. The van der Waals surface area contributed by atoms with E-state index in [4.69, 9.17) is 0 Å². The van der Waals surface area contributed by atoms with Crippen LogP contribution < -0.4 is 5.32 Å². The first-order valence-electron chi connectivity index (χ1n) is 4.69. The second kappa shape index (κ2) is 4.93. The second-order valence-electron chi connectivity index (χ2n) is 3.36. The number of hydrogen-bond acceptors (Lipinski definition) is 2. The molecule has 7 heteroatoms. The fraction of sp³-hybridized carbons (Fsp3) is 0. The maximum atomic E-state index is 13.4. The van der Waals surface area contributed by atoms with Crippen molar-refractivity contribution in [3.63, 3.8) is 0 Å². The average molecular weight is 321 g/mol. The minimum absolute atomic E-state index is 0.148. The molecule has 2 nitrogen and oxygen atoms in total. The fourth-order valence-corrected chi connectivity index (χ4v) is 1.67. The molecule has 1 aromatic carbocycles. The summed E-state index contributed by atoms with van der Waals surface area (Å²) in [5, 5.41) is 2.24. The zero-order valence-corrected chi connectivity index (χ0v) is 10.2. The van der Waals surface area contributed by atoms with Gasteiger partial charge < -0.3 is 5.32 Å². The van der Waals surface area contributed by atoms with Crippen molar-refractivity contribution in [3.05, 3.63) is 52.3 Å². The highest BCUT2D eigenvalue weighted by molar-refractivity contribution is 9.10. The summed E-state index contributed by atoms with van der Waals surface area (Å²) in [6.07, 6.45) is 2.70. The van der Waals surface area contributed by atoms with Gasteiger partial charge >= 0.3 is 0 Å². The van der Waals surface area contributed by atoms with Crippen LogP contribution in [0.15, 0.2) is 29.0 Å². The Balaban J connectivity index is 2.46. The molecule has 0 saturated carbocycles. The summed E-state index contributed by atoms with van der Waals surface area (Å²) < 4.78 is 53.2. The monoisotopic (exact) mass is 320 g/mol. The van der Waals surface area contributed by atoms with Crippen LogP contribution in [-0.2, 0) is 0 Å². The van der Waals surface area contributed by atoms with Gasteiger partial charge in [0.2, 0.25) is 0 Å². The number of pyridine rings is 1. The maximum absolute atomic E-state index is 13.4. The predicted octanol–water partition coefficient (Wildman–Crippen LogP) is 4.14. The summed E-state index contributed by atoms with van der Waals surface area (Å²) in [4.78, 5) is 3.74. The normalized spacial score (nSPS) is 10.5. The highest BCUT2D eigenvalue weighted by Gasteiger charge is 2.19. The molecular weight excluding hydrogens is 316 g/mol. The van der Waals surface area contributed by atoms with Crippen molar-refractivity contribution in [2.75, 3.05) is 5.32 Å². The lowest BCUT2D eigenvalue weighted by Gasteiger charge is -2.09. The molecule has 1 heterocycles. The number of aromatic nitrogens is 1. The van der Waals surface area contributed by atoms with Crippen molar-refractivity contribution in [2.24, 2.45) is 0 Å². The van der Waals surface area contributed by atoms with Gasteiger partial charge in [0, 0.05) is 16.7 Å². The molecule has 0 bridgehead atoms. The first-order valence-corrected chi connectivity index (χ1v) is 5.49. The van der Waals surface area contributed by atoms with Crippen molar-refractivity contribution < 1.29 is 17.6 Å². The van der Waals surface area contributed by atoms with Gasteiger partial charge in [0.05, 0.1) is 11.9 Å². The van der Waals surface area contributed by atoms with E-state index in [1.807, 2.05) is 0 Å². The smallest absolute Gasteiger partial charge is 0.185 e. The van der Waals surface area contributed by atoms with Crippen LogP contribution in [0.4, 0.5) is 28.9 Å². The number of halogens is 5. The zero-order chi connectivity index (χ0) is 13.3. The standard InChI is InChI=1S/C11H5BrF4N2/c12-5-1-6(4-17-3-5)18-11-9(15)7(13)2-8(14)10(11)16/h1-4,18H. The van der Waals surface area contributed by atoms with E-state index in [-0.39, 0.29) is 11.8 Å². The molecule has 0 aliphatic heterocycles. The molecule has 0 atom stereocenters. The van der Waals surface area contributed by atoms with Gasteiger partial charge in [-0.05, 0) is 22.0 Å². The molecule has 2 rings (SSSR count). The molecule has 0 spiro atoms. The first kappa shape index (κ1) is 12.8. The molecular formula is C11H5BrF4N2. The lowest BCUT2D eigenvalue weighted by Crippen LogP contribution is -2.03. The van der Waals surface area contributed by atoms with E-state index in [1.165, 1.54) is 18.5 Å². The molecule has 0 saturated heterocycles. The summed E-state index contributed by atoms with van der Waals surface area (Å²) in [6, 6.07) is 1.60. The highest BCUT2D eigenvalue weighted by atomic mass is 79.9. The number of anilines is 2. The minimum Gasteiger partial charge on any atom is -0.349 e. The third kappa shape index (κ3) is 2.45. The molecule has 1 aromatic heterocycles. The molecule has 0 aliphatic carbocycles. The van der Waals surface area contributed by atoms with Crippen LogP contribution in [0.5, 0.6) is 0 Å². The lowest BCUT2D eigenvalue weighted by atomic mass is 10.2. The van der Waals surface area contributed by atoms with Crippen LogP contribution in [-0.4, -0.2) is 4.98 Å². The van der Waals surface area contributed by atoms with E-state index in [1.54, 1.807) is 0 Å². The maximum Gasteiger partial charge on any atom is 0.185 e. The predicted molar refractivity (Wildman–Crippen MR) is 61.5 cm³/mol. The van der Waals surface area contributed by atoms with E-state index in [0.29, 0.717) is 4.47 Å². The number of nitrogens with one attached hydrogen (secondary N) is 1. The summed E-state index contributed by atoms with van der Waals surface area (Å²) >= 11 is 3.10. The SMILES string of the molecule is Fc1cc(F)c(F)c(Nc2cncc(Br)c2)c1F. The van der Waals surface area contributed by atoms with E-state index in [9.17, 15) is 17.6 Å². The first-order chi connectivity index (χ1) is 8.49. The second-order valence-corrected chi connectivity index (χ2v) is 4.28. The lowest BCUT2D eigenvalue weighted by molar-refractivity contribution is 0.459. The van der Waals surface area contributed by atoms with Crippen LogP contribution in [0.3, 0.4) is 0 Å². The molecule has 94 valence electrons. The van der Waals surface area contributed by atoms with Gasteiger partial charge in [-0.2, -0.15) is 0 Å². The van der Waals surface area contributed by atoms with E-state index < -0.39 is 29.0 Å². The van der Waals surface area contributed by atoms with Gasteiger partial charge in [-0.25, -0.2) is 17.6 Å². The Morgan fingerprint density at radius 1 is 0.944 bits per heavy atom. The Hall–Kier alpha value is -1.63. The quantitative estimate of drug-likeness (QED) is 0.664. The van der Waals surface area contributed by atoms with Gasteiger partial charge in [0.15, 0.2) is 23.3 Å². The van der Waals surface area contributed by atoms with E-state index in [0.717, 1.165) is 0 Å². The van der Waals surface area contributed by atoms with Crippen LogP contribution in [0, 0.1) is 23.3 Å². The Morgan fingerprint density at radius 3 is 2.11 bits per heavy atom. The van der Waals surface area contributed by atoms with Crippen LogP contribution >= 0.6 is 15.9 Å². The highest BCUT2D eigenvalue weighted by Crippen LogP contribution is 2.27. The van der Waals surface area contributed by atoms with Gasteiger partial charge in [0.1, 0.15) is 5.69 Å². The molecule has 0 unspecified atom stereocenters. The molecule has 2 aromatic rings. The zero-order valence-electron chi connectivity index (χ0n) is 8.65. The van der Waals surface area contributed by atoms with Crippen LogP contribution in [0.2, 0.25) is 0 Å². The largest absolute Gasteiger partial charge is 0.349 e. The van der Waals surface area contributed by atoms with Gasteiger partial charge in [-0.15, -0.1) is 0 Å². The number of hydrogen-bond donors (Lipinski definition) is 1. The summed E-state index contributed by atoms with van der Waals surface area (Å²) in [7, 11) is 0. The topological polar surface area (TPSA) is 24.9 Å². The summed E-state index contributed by atoms with van der Waals surface area (Å²) in [5.74, 6) is -5.93. The number of rotatable bonds is 2. The molecule has 0 fully saturated rings. The Labute approximate surface area is 108 Å². The fourth-order valence-electron chi connectivity index (χ4n) is 1.31. The molecule has 18 heavy (non-hydrogen) atoms. The average Bonchev–Trinajstić information content (AvgIpc) is 2.32. The van der Waals surface area contributed by atoms with Crippen LogP contribution in [0.1, 0.15) is 0 Å². The summed E-state index contributed by atoms with van der Waals surface area (Å²) in [5.41, 5.74) is -0.709. The Kier molecular flexibility index (Phi) is 3.51. The van der Waals surface area contributed by atoms with Gasteiger partial charge in [-0.3, -0.25) is 4.98 Å². The van der Waals surface area contributed by atoms with Crippen molar-refractivity contribution >= 4 is 27.3 Å². The van der Waals surface area contributed by atoms with Crippen molar-refractivity contribution in [3.8, 4) is 0 Å².